The van der Waals surface area contributed by atoms with E-state index >= 15 is 0 Å². The van der Waals surface area contributed by atoms with E-state index in [0.29, 0.717) is 17.9 Å². The molecule has 170 valence electrons. The standard InChI is InChI=1S/C27H26N6O/c1-33-19-23(17-30-33)25-8-5-9-26(31-25)32-27(34)24(22-6-3-2-4-7-22)18-29-15-14-20-10-12-21(16-28)13-11-20/h2-13,17,19,24,29H,14-15,18H2,1H3,(H,31,32,34). The van der Waals surface area contributed by atoms with Crippen LogP contribution in [0.4, 0.5) is 5.82 Å². The topological polar surface area (TPSA) is 95.6 Å². The van der Waals surface area contributed by atoms with Gasteiger partial charge in [-0.1, -0.05) is 48.5 Å². The maximum absolute atomic E-state index is 13.3. The predicted molar refractivity (Wildman–Crippen MR) is 132 cm³/mol. The zero-order chi connectivity index (χ0) is 23.8. The number of anilines is 1. The fourth-order valence-corrected chi connectivity index (χ4v) is 3.70. The van der Waals surface area contributed by atoms with Gasteiger partial charge in [0.2, 0.25) is 5.91 Å². The van der Waals surface area contributed by atoms with Crippen molar-refractivity contribution in [2.24, 2.45) is 7.05 Å². The monoisotopic (exact) mass is 450 g/mol. The predicted octanol–water partition coefficient (Wildman–Crippen LogP) is 3.91. The van der Waals surface area contributed by atoms with Gasteiger partial charge >= 0.3 is 0 Å². The minimum atomic E-state index is -0.369. The van der Waals surface area contributed by atoms with Crippen LogP contribution in [0.5, 0.6) is 0 Å². The molecule has 7 heteroatoms. The summed E-state index contributed by atoms with van der Waals surface area (Å²) in [6.07, 6.45) is 4.44. The van der Waals surface area contributed by atoms with Gasteiger partial charge in [0.15, 0.2) is 0 Å². The second kappa shape index (κ2) is 11.0. The normalized spacial score (nSPS) is 11.5. The summed E-state index contributed by atoms with van der Waals surface area (Å²) in [5.74, 6) is 0.0174. The van der Waals surface area contributed by atoms with Gasteiger partial charge in [-0.3, -0.25) is 9.48 Å². The van der Waals surface area contributed by atoms with Crippen LogP contribution in [-0.4, -0.2) is 33.8 Å². The van der Waals surface area contributed by atoms with Crippen molar-refractivity contribution in [2.75, 3.05) is 18.4 Å². The smallest absolute Gasteiger partial charge is 0.234 e. The first-order valence-corrected chi connectivity index (χ1v) is 11.1. The Morgan fingerprint density at radius 1 is 1.06 bits per heavy atom. The Balaban J connectivity index is 1.41. The summed E-state index contributed by atoms with van der Waals surface area (Å²) in [4.78, 5) is 17.9. The van der Waals surface area contributed by atoms with Crippen LogP contribution < -0.4 is 10.6 Å². The molecule has 1 amide bonds. The number of carbonyl (C=O) groups excluding carboxylic acids is 1. The highest BCUT2D eigenvalue weighted by Gasteiger charge is 2.21. The van der Waals surface area contributed by atoms with Crippen LogP contribution in [0.2, 0.25) is 0 Å². The number of benzene rings is 2. The van der Waals surface area contributed by atoms with E-state index in [0.717, 1.165) is 35.3 Å². The van der Waals surface area contributed by atoms with E-state index in [1.165, 1.54) is 0 Å². The largest absolute Gasteiger partial charge is 0.315 e. The molecule has 2 aromatic carbocycles. The molecular formula is C27H26N6O. The lowest BCUT2D eigenvalue weighted by molar-refractivity contribution is -0.117. The maximum Gasteiger partial charge on any atom is 0.234 e. The number of pyridine rings is 1. The molecule has 2 N–H and O–H groups in total. The lowest BCUT2D eigenvalue weighted by atomic mass is 9.98. The third-order valence-electron chi connectivity index (χ3n) is 5.54. The second-order valence-corrected chi connectivity index (χ2v) is 8.03. The summed E-state index contributed by atoms with van der Waals surface area (Å²) >= 11 is 0. The lowest BCUT2D eigenvalue weighted by Crippen LogP contribution is -2.32. The molecule has 4 rings (SSSR count). The SMILES string of the molecule is Cn1cc(-c2cccc(NC(=O)C(CNCCc3ccc(C#N)cc3)c3ccccc3)n2)cn1. The molecule has 34 heavy (non-hydrogen) atoms. The van der Waals surface area contributed by atoms with Crippen LogP contribution in [0.1, 0.15) is 22.6 Å². The van der Waals surface area contributed by atoms with Crippen LogP contribution in [0.3, 0.4) is 0 Å². The Bertz CT molecular complexity index is 1270. The first-order chi connectivity index (χ1) is 16.6. The van der Waals surface area contributed by atoms with Crippen molar-refractivity contribution < 1.29 is 4.79 Å². The van der Waals surface area contributed by atoms with E-state index in [1.807, 2.05) is 80.0 Å². The van der Waals surface area contributed by atoms with Crippen LogP contribution in [0.15, 0.2) is 85.2 Å². The number of hydrogen-bond acceptors (Lipinski definition) is 5. The molecule has 0 saturated heterocycles. The zero-order valence-electron chi connectivity index (χ0n) is 19.0. The maximum atomic E-state index is 13.3. The van der Waals surface area contributed by atoms with Crippen molar-refractivity contribution >= 4 is 11.7 Å². The molecule has 4 aromatic rings. The van der Waals surface area contributed by atoms with Gasteiger partial charge in [-0.05, 0) is 48.4 Å². The van der Waals surface area contributed by atoms with Gasteiger partial charge in [0, 0.05) is 25.4 Å². The second-order valence-electron chi connectivity index (χ2n) is 8.03. The molecular weight excluding hydrogens is 424 g/mol. The molecule has 2 aromatic heterocycles. The van der Waals surface area contributed by atoms with Crippen molar-refractivity contribution in [1.29, 1.82) is 5.26 Å². The Morgan fingerprint density at radius 2 is 1.85 bits per heavy atom. The van der Waals surface area contributed by atoms with Crippen molar-refractivity contribution in [3.63, 3.8) is 0 Å². The van der Waals surface area contributed by atoms with Gasteiger partial charge in [-0.15, -0.1) is 0 Å². The van der Waals surface area contributed by atoms with E-state index in [4.69, 9.17) is 5.26 Å². The molecule has 7 nitrogen and oxygen atoms in total. The average Bonchev–Trinajstić information content (AvgIpc) is 3.31. The van der Waals surface area contributed by atoms with Crippen molar-refractivity contribution in [2.45, 2.75) is 12.3 Å². The molecule has 0 spiro atoms. The summed E-state index contributed by atoms with van der Waals surface area (Å²) in [5.41, 5.74) is 4.38. The molecule has 0 fully saturated rings. The summed E-state index contributed by atoms with van der Waals surface area (Å²) < 4.78 is 1.72. The van der Waals surface area contributed by atoms with E-state index in [9.17, 15) is 4.79 Å². The van der Waals surface area contributed by atoms with Gasteiger partial charge in [-0.2, -0.15) is 10.4 Å². The fourth-order valence-electron chi connectivity index (χ4n) is 3.70. The molecule has 0 bridgehead atoms. The van der Waals surface area contributed by atoms with Gasteiger partial charge in [0.25, 0.3) is 0 Å². The van der Waals surface area contributed by atoms with Crippen LogP contribution in [-0.2, 0) is 18.3 Å². The number of aryl methyl sites for hydroxylation is 1. The minimum absolute atomic E-state index is 0.118. The number of aromatic nitrogens is 3. The third-order valence-corrected chi connectivity index (χ3v) is 5.54. The number of amides is 1. The van der Waals surface area contributed by atoms with Crippen molar-refractivity contribution in [1.82, 2.24) is 20.1 Å². The number of rotatable bonds is 9. The van der Waals surface area contributed by atoms with Crippen LogP contribution >= 0.6 is 0 Å². The Labute approximate surface area is 199 Å². The van der Waals surface area contributed by atoms with E-state index in [2.05, 4.69) is 26.8 Å². The molecule has 1 unspecified atom stereocenters. The van der Waals surface area contributed by atoms with E-state index < -0.39 is 0 Å². The summed E-state index contributed by atoms with van der Waals surface area (Å²) in [6, 6.07) is 25.0. The summed E-state index contributed by atoms with van der Waals surface area (Å²) in [7, 11) is 1.86. The van der Waals surface area contributed by atoms with E-state index in [1.54, 1.807) is 16.9 Å². The van der Waals surface area contributed by atoms with Gasteiger partial charge < -0.3 is 10.6 Å². The summed E-state index contributed by atoms with van der Waals surface area (Å²) in [5, 5.41) is 19.5. The van der Waals surface area contributed by atoms with Gasteiger partial charge in [-0.25, -0.2) is 4.98 Å². The number of nitrogens with one attached hydrogen (secondary N) is 2. The van der Waals surface area contributed by atoms with Gasteiger partial charge in [0.05, 0.1) is 29.4 Å². The zero-order valence-corrected chi connectivity index (χ0v) is 19.0. The highest BCUT2D eigenvalue weighted by Crippen LogP contribution is 2.20. The number of nitriles is 1. The molecule has 0 saturated carbocycles. The molecule has 0 aliphatic carbocycles. The summed E-state index contributed by atoms with van der Waals surface area (Å²) in [6.45, 7) is 1.21. The van der Waals surface area contributed by atoms with Crippen molar-refractivity contribution in [3.8, 4) is 17.3 Å². The highest BCUT2D eigenvalue weighted by molar-refractivity contribution is 5.95. The molecule has 0 aliphatic rings. The number of nitrogens with zero attached hydrogens (tertiary/aromatic N) is 4. The lowest BCUT2D eigenvalue weighted by Gasteiger charge is -2.18. The quantitative estimate of drug-likeness (QED) is 0.377. The molecule has 0 aliphatic heterocycles. The Kier molecular flexibility index (Phi) is 7.43. The van der Waals surface area contributed by atoms with Crippen molar-refractivity contribution in [3.05, 3.63) is 102 Å². The Hall–Kier alpha value is -4.28. The first-order valence-electron chi connectivity index (χ1n) is 11.1. The fraction of sp³-hybridized carbons (Fsp3) is 0.185. The van der Waals surface area contributed by atoms with Gasteiger partial charge in [0.1, 0.15) is 5.82 Å². The molecule has 2 heterocycles. The third kappa shape index (κ3) is 5.94. The Morgan fingerprint density at radius 3 is 2.56 bits per heavy atom. The number of hydrogen-bond donors (Lipinski definition) is 2. The first kappa shape index (κ1) is 22.9. The minimum Gasteiger partial charge on any atom is -0.315 e. The molecule has 1 atom stereocenters. The van der Waals surface area contributed by atoms with Crippen LogP contribution in [0, 0.1) is 11.3 Å². The van der Waals surface area contributed by atoms with Crippen LogP contribution in [0.25, 0.3) is 11.3 Å². The molecule has 0 radical (unpaired) electrons. The van der Waals surface area contributed by atoms with E-state index in [-0.39, 0.29) is 11.8 Å². The number of carbonyl (C=O) groups is 1. The average molecular weight is 451 g/mol. The highest BCUT2D eigenvalue weighted by atomic mass is 16.2.